The number of hydrogen-bond acceptors (Lipinski definition) is 3. The molecule has 0 aromatic heterocycles. The smallest absolute Gasteiger partial charge is 0.260 e. The highest BCUT2D eigenvalue weighted by atomic mass is 19.1. The number of aliphatic hydroxyl groups is 1. The van der Waals surface area contributed by atoms with Gasteiger partial charge in [-0.15, -0.1) is 0 Å². The Balaban J connectivity index is 1.78. The van der Waals surface area contributed by atoms with Crippen LogP contribution in [0.25, 0.3) is 0 Å². The maximum absolute atomic E-state index is 13.3. The van der Waals surface area contributed by atoms with Crippen molar-refractivity contribution in [1.29, 1.82) is 0 Å². The number of hydrogen-bond donors (Lipinski definition) is 1. The van der Waals surface area contributed by atoms with Gasteiger partial charge in [-0.05, 0) is 30.9 Å². The molecule has 4 nitrogen and oxygen atoms in total. The van der Waals surface area contributed by atoms with Gasteiger partial charge in [0.05, 0.1) is 6.10 Å². The number of ether oxygens (including phenoxy) is 1. The molecule has 1 fully saturated rings. The molecule has 1 N–H and O–H groups in total. The second kappa shape index (κ2) is 6.02. The van der Waals surface area contributed by atoms with Crippen LogP contribution in [0.1, 0.15) is 12.8 Å². The molecule has 19 heavy (non-hydrogen) atoms. The lowest BCUT2D eigenvalue weighted by molar-refractivity contribution is -0.133. The molecule has 1 aliphatic carbocycles. The van der Waals surface area contributed by atoms with Gasteiger partial charge in [0.25, 0.3) is 5.91 Å². The molecule has 0 saturated heterocycles. The molecule has 5 heteroatoms. The maximum atomic E-state index is 13.3. The first-order chi connectivity index (χ1) is 9.08. The van der Waals surface area contributed by atoms with E-state index in [9.17, 15) is 14.3 Å². The summed E-state index contributed by atoms with van der Waals surface area (Å²) in [5, 5.41) is 9.74. The third-order valence-electron chi connectivity index (χ3n) is 3.24. The predicted molar refractivity (Wildman–Crippen MR) is 68.3 cm³/mol. The molecular formula is C14H18FNO3. The van der Waals surface area contributed by atoms with E-state index < -0.39 is 11.9 Å². The third kappa shape index (κ3) is 3.92. The molecule has 1 aromatic carbocycles. The lowest BCUT2D eigenvalue weighted by atomic mass is 10.2. The molecule has 2 rings (SSSR count). The second-order valence-electron chi connectivity index (χ2n) is 4.90. The maximum Gasteiger partial charge on any atom is 0.260 e. The Morgan fingerprint density at radius 3 is 2.84 bits per heavy atom. The minimum atomic E-state index is -0.490. The molecule has 1 amide bonds. The molecular weight excluding hydrogens is 249 g/mol. The zero-order valence-electron chi connectivity index (χ0n) is 10.9. The van der Waals surface area contributed by atoms with Crippen molar-refractivity contribution in [1.82, 2.24) is 4.90 Å². The molecule has 0 heterocycles. The topological polar surface area (TPSA) is 49.8 Å². The molecule has 104 valence electrons. The minimum Gasteiger partial charge on any atom is -0.481 e. The number of para-hydroxylation sites is 1. The van der Waals surface area contributed by atoms with E-state index >= 15 is 0 Å². The van der Waals surface area contributed by atoms with Gasteiger partial charge in [-0.25, -0.2) is 4.39 Å². The van der Waals surface area contributed by atoms with Crippen LogP contribution in [0.2, 0.25) is 0 Å². The monoisotopic (exact) mass is 267 g/mol. The third-order valence-corrected chi connectivity index (χ3v) is 3.24. The molecule has 1 unspecified atom stereocenters. The van der Waals surface area contributed by atoms with Gasteiger partial charge in [0.1, 0.15) is 0 Å². The second-order valence-corrected chi connectivity index (χ2v) is 4.90. The Labute approximate surface area is 111 Å². The van der Waals surface area contributed by atoms with Crippen molar-refractivity contribution in [3.8, 4) is 5.75 Å². The summed E-state index contributed by atoms with van der Waals surface area (Å²) >= 11 is 0. The van der Waals surface area contributed by atoms with Crippen molar-refractivity contribution in [2.45, 2.75) is 18.9 Å². The van der Waals surface area contributed by atoms with Crippen molar-refractivity contribution in [2.75, 3.05) is 20.2 Å². The van der Waals surface area contributed by atoms with Gasteiger partial charge in [0, 0.05) is 13.6 Å². The fourth-order valence-electron chi connectivity index (χ4n) is 1.82. The van der Waals surface area contributed by atoms with E-state index in [-0.39, 0.29) is 18.3 Å². The van der Waals surface area contributed by atoms with E-state index in [1.165, 1.54) is 17.0 Å². The highest BCUT2D eigenvalue weighted by Gasteiger charge is 2.31. The van der Waals surface area contributed by atoms with Crippen LogP contribution in [-0.2, 0) is 4.79 Å². The van der Waals surface area contributed by atoms with Crippen LogP contribution in [0.3, 0.4) is 0 Å². The molecule has 0 spiro atoms. The minimum absolute atomic E-state index is 0.0620. The number of benzene rings is 1. The largest absolute Gasteiger partial charge is 0.481 e. The van der Waals surface area contributed by atoms with Gasteiger partial charge in [-0.2, -0.15) is 0 Å². The van der Waals surface area contributed by atoms with Gasteiger partial charge in [0.15, 0.2) is 18.2 Å². The van der Waals surface area contributed by atoms with E-state index in [0.29, 0.717) is 12.5 Å². The summed E-state index contributed by atoms with van der Waals surface area (Å²) in [4.78, 5) is 13.2. The standard InChI is InChI=1S/C14H18FNO3/c1-16(8-12(17)10-6-7-10)14(18)9-19-13-5-3-2-4-11(13)15/h2-5,10,12,17H,6-9H2,1H3. The highest BCUT2D eigenvalue weighted by Crippen LogP contribution is 2.32. The van der Waals surface area contributed by atoms with E-state index in [0.717, 1.165) is 12.8 Å². The Kier molecular flexibility index (Phi) is 4.37. The van der Waals surface area contributed by atoms with Gasteiger partial charge in [-0.1, -0.05) is 12.1 Å². The first kappa shape index (κ1) is 13.8. The average Bonchev–Trinajstić information content (AvgIpc) is 3.21. The Morgan fingerprint density at radius 2 is 2.21 bits per heavy atom. The van der Waals surface area contributed by atoms with Gasteiger partial charge in [-0.3, -0.25) is 4.79 Å². The van der Waals surface area contributed by atoms with Crippen molar-refractivity contribution >= 4 is 5.91 Å². The summed E-state index contributed by atoms with van der Waals surface area (Å²) in [6.07, 6.45) is 1.58. The summed E-state index contributed by atoms with van der Waals surface area (Å²) < 4.78 is 18.4. The number of aliphatic hydroxyl groups excluding tert-OH is 1. The average molecular weight is 267 g/mol. The zero-order chi connectivity index (χ0) is 13.8. The van der Waals surface area contributed by atoms with E-state index in [1.807, 2.05) is 0 Å². The predicted octanol–water partition coefficient (Wildman–Crippen LogP) is 1.43. The summed E-state index contributed by atoms with van der Waals surface area (Å²) in [6, 6.07) is 5.95. The fourth-order valence-corrected chi connectivity index (χ4v) is 1.82. The molecule has 1 aliphatic rings. The van der Waals surface area contributed by atoms with Crippen LogP contribution < -0.4 is 4.74 Å². The van der Waals surface area contributed by atoms with Crippen molar-refractivity contribution in [2.24, 2.45) is 5.92 Å². The lowest BCUT2D eigenvalue weighted by Gasteiger charge is -2.20. The molecule has 1 atom stereocenters. The number of amides is 1. The van der Waals surface area contributed by atoms with E-state index in [1.54, 1.807) is 19.2 Å². The van der Waals surface area contributed by atoms with Crippen molar-refractivity contribution in [3.63, 3.8) is 0 Å². The van der Waals surface area contributed by atoms with Crippen LogP contribution in [0.15, 0.2) is 24.3 Å². The molecule has 1 aromatic rings. The normalized spacial score (nSPS) is 15.9. The lowest BCUT2D eigenvalue weighted by Crippen LogP contribution is -2.38. The number of carbonyl (C=O) groups is 1. The number of nitrogens with zero attached hydrogens (tertiary/aromatic N) is 1. The summed E-state index contributed by atoms with van der Waals surface area (Å²) in [7, 11) is 1.61. The van der Waals surface area contributed by atoms with Gasteiger partial charge >= 0.3 is 0 Å². The zero-order valence-corrected chi connectivity index (χ0v) is 10.9. The molecule has 0 bridgehead atoms. The van der Waals surface area contributed by atoms with Crippen LogP contribution in [0.5, 0.6) is 5.75 Å². The van der Waals surface area contributed by atoms with Crippen LogP contribution in [0, 0.1) is 11.7 Å². The van der Waals surface area contributed by atoms with E-state index in [4.69, 9.17) is 4.74 Å². The van der Waals surface area contributed by atoms with Gasteiger partial charge in [0.2, 0.25) is 0 Å². The highest BCUT2D eigenvalue weighted by molar-refractivity contribution is 5.77. The molecule has 1 saturated carbocycles. The number of likely N-dealkylation sites (N-methyl/N-ethyl adjacent to an activating group) is 1. The van der Waals surface area contributed by atoms with Crippen molar-refractivity contribution in [3.05, 3.63) is 30.1 Å². The quantitative estimate of drug-likeness (QED) is 0.848. The van der Waals surface area contributed by atoms with Crippen molar-refractivity contribution < 1.29 is 19.0 Å². The van der Waals surface area contributed by atoms with Crippen LogP contribution >= 0.6 is 0 Å². The summed E-state index contributed by atoms with van der Waals surface area (Å²) in [5.41, 5.74) is 0. The summed E-state index contributed by atoms with van der Waals surface area (Å²) in [6.45, 7) is 0.0684. The summed E-state index contributed by atoms with van der Waals surface area (Å²) in [5.74, 6) is -0.381. The Hall–Kier alpha value is -1.62. The Morgan fingerprint density at radius 1 is 1.53 bits per heavy atom. The van der Waals surface area contributed by atoms with Crippen LogP contribution in [0.4, 0.5) is 4.39 Å². The van der Waals surface area contributed by atoms with Gasteiger partial charge < -0.3 is 14.7 Å². The number of carbonyl (C=O) groups excluding carboxylic acids is 1. The van der Waals surface area contributed by atoms with Crippen LogP contribution in [-0.4, -0.2) is 42.2 Å². The SMILES string of the molecule is CN(CC(O)C1CC1)C(=O)COc1ccccc1F. The first-order valence-electron chi connectivity index (χ1n) is 6.37. The van der Waals surface area contributed by atoms with E-state index in [2.05, 4.69) is 0 Å². The molecule has 0 radical (unpaired) electrons. The fraction of sp³-hybridized carbons (Fsp3) is 0.500. The first-order valence-corrected chi connectivity index (χ1v) is 6.37. The number of halogens is 1. The Bertz CT molecular complexity index is 448. The number of rotatable bonds is 6. The molecule has 0 aliphatic heterocycles.